The molecule has 0 unspecified atom stereocenters. The molecule has 0 spiro atoms. The molecular weight excluding hydrogens is 240 g/mol. The molecule has 0 amide bonds. The summed E-state index contributed by atoms with van der Waals surface area (Å²) in [5.74, 6) is 1.26. The first kappa shape index (κ1) is 12.8. The number of nitrogens with one attached hydrogen (secondary N) is 1. The predicted octanol–water partition coefficient (Wildman–Crippen LogP) is 2.28. The molecule has 0 aliphatic carbocycles. The van der Waals surface area contributed by atoms with Gasteiger partial charge in [-0.15, -0.1) is 0 Å². The van der Waals surface area contributed by atoms with Crippen molar-refractivity contribution < 1.29 is 4.74 Å². The van der Waals surface area contributed by atoms with Crippen LogP contribution in [0.1, 0.15) is 16.8 Å². The van der Waals surface area contributed by atoms with Crippen LogP contribution >= 0.6 is 0 Å². The van der Waals surface area contributed by atoms with E-state index in [1.54, 1.807) is 25.4 Å². The lowest BCUT2D eigenvalue weighted by atomic mass is 10.2. The summed E-state index contributed by atoms with van der Waals surface area (Å²) in [6.45, 7) is 2.40. The number of methoxy groups -OCH3 is 1. The van der Waals surface area contributed by atoms with E-state index in [1.807, 2.05) is 19.1 Å². The van der Waals surface area contributed by atoms with E-state index in [0.29, 0.717) is 23.8 Å². The molecule has 5 heteroatoms. The van der Waals surface area contributed by atoms with E-state index in [9.17, 15) is 0 Å². The SMILES string of the molecule is COc1ncccc1CNc1cc(C#N)cc(C)n1. The lowest BCUT2D eigenvalue weighted by molar-refractivity contribution is 0.393. The summed E-state index contributed by atoms with van der Waals surface area (Å²) in [6, 6.07) is 9.36. The van der Waals surface area contributed by atoms with E-state index in [4.69, 9.17) is 10.00 Å². The molecule has 0 radical (unpaired) electrons. The number of anilines is 1. The van der Waals surface area contributed by atoms with Crippen LogP contribution in [0.25, 0.3) is 0 Å². The number of ether oxygens (including phenoxy) is 1. The van der Waals surface area contributed by atoms with Gasteiger partial charge in [0.05, 0.1) is 18.7 Å². The second-order valence-corrected chi connectivity index (χ2v) is 4.02. The Balaban J connectivity index is 2.15. The zero-order chi connectivity index (χ0) is 13.7. The second-order valence-electron chi connectivity index (χ2n) is 4.02. The minimum absolute atomic E-state index is 0.540. The van der Waals surface area contributed by atoms with Crippen molar-refractivity contribution in [3.8, 4) is 11.9 Å². The molecule has 2 aromatic rings. The van der Waals surface area contributed by atoms with Gasteiger partial charge in [0.2, 0.25) is 5.88 Å². The van der Waals surface area contributed by atoms with Crippen molar-refractivity contribution in [3.05, 3.63) is 47.3 Å². The third kappa shape index (κ3) is 3.19. The summed E-state index contributed by atoms with van der Waals surface area (Å²) in [5, 5.41) is 12.1. The third-order valence-corrected chi connectivity index (χ3v) is 2.59. The molecule has 0 bridgehead atoms. The van der Waals surface area contributed by atoms with E-state index < -0.39 is 0 Å². The smallest absolute Gasteiger partial charge is 0.218 e. The van der Waals surface area contributed by atoms with Crippen molar-refractivity contribution in [2.45, 2.75) is 13.5 Å². The van der Waals surface area contributed by atoms with Crippen LogP contribution in [0.2, 0.25) is 0 Å². The molecule has 19 heavy (non-hydrogen) atoms. The van der Waals surface area contributed by atoms with Crippen molar-refractivity contribution >= 4 is 5.82 Å². The fourth-order valence-electron chi connectivity index (χ4n) is 1.75. The van der Waals surface area contributed by atoms with Crippen molar-refractivity contribution in [2.75, 3.05) is 12.4 Å². The number of aromatic nitrogens is 2. The van der Waals surface area contributed by atoms with Crippen LogP contribution in [-0.2, 0) is 6.54 Å². The van der Waals surface area contributed by atoms with Gasteiger partial charge in [-0.2, -0.15) is 5.26 Å². The molecule has 0 aliphatic rings. The Morgan fingerprint density at radius 3 is 3.00 bits per heavy atom. The molecular formula is C14H14N4O. The Morgan fingerprint density at radius 1 is 1.42 bits per heavy atom. The highest BCUT2D eigenvalue weighted by atomic mass is 16.5. The summed E-state index contributed by atoms with van der Waals surface area (Å²) < 4.78 is 5.18. The minimum atomic E-state index is 0.540. The Morgan fingerprint density at radius 2 is 2.26 bits per heavy atom. The maximum atomic E-state index is 8.92. The van der Waals surface area contributed by atoms with Gasteiger partial charge in [0, 0.05) is 24.0 Å². The van der Waals surface area contributed by atoms with Crippen molar-refractivity contribution in [3.63, 3.8) is 0 Å². The van der Waals surface area contributed by atoms with E-state index in [-0.39, 0.29) is 0 Å². The first-order valence-electron chi connectivity index (χ1n) is 5.83. The fraction of sp³-hybridized carbons (Fsp3) is 0.214. The number of aryl methyl sites for hydroxylation is 1. The predicted molar refractivity (Wildman–Crippen MR) is 71.8 cm³/mol. The Labute approximate surface area is 111 Å². The lowest BCUT2D eigenvalue weighted by Crippen LogP contribution is -2.05. The van der Waals surface area contributed by atoms with Crippen molar-refractivity contribution in [2.24, 2.45) is 0 Å². The molecule has 2 aromatic heterocycles. The molecule has 96 valence electrons. The van der Waals surface area contributed by atoms with E-state index in [0.717, 1.165) is 11.3 Å². The van der Waals surface area contributed by atoms with Gasteiger partial charge in [0.25, 0.3) is 0 Å². The Bertz CT molecular complexity index is 619. The molecule has 0 saturated carbocycles. The molecule has 2 heterocycles. The second kappa shape index (κ2) is 5.83. The summed E-state index contributed by atoms with van der Waals surface area (Å²) in [4.78, 5) is 8.45. The minimum Gasteiger partial charge on any atom is -0.481 e. The summed E-state index contributed by atoms with van der Waals surface area (Å²) in [7, 11) is 1.59. The van der Waals surface area contributed by atoms with Gasteiger partial charge in [0.15, 0.2) is 0 Å². The quantitative estimate of drug-likeness (QED) is 0.906. The average molecular weight is 254 g/mol. The monoisotopic (exact) mass is 254 g/mol. The molecule has 0 aliphatic heterocycles. The molecule has 0 aromatic carbocycles. The zero-order valence-electron chi connectivity index (χ0n) is 10.8. The van der Waals surface area contributed by atoms with Gasteiger partial charge in [0.1, 0.15) is 5.82 Å². The highest BCUT2D eigenvalue weighted by Crippen LogP contribution is 2.16. The maximum absolute atomic E-state index is 8.92. The summed E-state index contributed by atoms with van der Waals surface area (Å²) >= 11 is 0. The van der Waals surface area contributed by atoms with Crippen molar-refractivity contribution in [1.82, 2.24) is 9.97 Å². The van der Waals surface area contributed by atoms with Crippen LogP contribution < -0.4 is 10.1 Å². The first-order valence-corrected chi connectivity index (χ1v) is 5.83. The summed E-state index contributed by atoms with van der Waals surface area (Å²) in [6.07, 6.45) is 1.68. The number of rotatable bonds is 4. The summed E-state index contributed by atoms with van der Waals surface area (Å²) in [5.41, 5.74) is 2.33. The van der Waals surface area contributed by atoms with Crippen LogP contribution in [-0.4, -0.2) is 17.1 Å². The highest BCUT2D eigenvalue weighted by molar-refractivity contribution is 5.45. The maximum Gasteiger partial charge on any atom is 0.218 e. The lowest BCUT2D eigenvalue weighted by Gasteiger charge is -2.09. The topological polar surface area (TPSA) is 70.8 Å². The third-order valence-electron chi connectivity index (χ3n) is 2.59. The molecule has 0 saturated heterocycles. The Kier molecular flexibility index (Phi) is 3.94. The largest absolute Gasteiger partial charge is 0.481 e. The van der Waals surface area contributed by atoms with Crippen LogP contribution in [0.15, 0.2) is 30.5 Å². The van der Waals surface area contributed by atoms with Crippen molar-refractivity contribution in [1.29, 1.82) is 5.26 Å². The normalized spacial score (nSPS) is 9.74. The molecule has 2 rings (SSSR count). The average Bonchev–Trinajstić information content (AvgIpc) is 2.44. The molecule has 1 N–H and O–H groups in total. The van der Waals surface area contributed by atoms with E-state index in [1.165, 1.54) is 0 Å². The Hall–Kier alpha value is -2.61. The van der Waals surface area contributed by atoms with E-state index in [2.05, 4.69) is 21.4 Å². The van der Waals surface area contributed by atoms with Gasteiger partial charge >= 0.3 is 0 Å². The van der Waals surface area contributed by atoms with Crippen LogP contribution in [0.3, 0.4) is 0 Å². The van der Waals surface area contributed by atoms with Gasteiger partial charge in [-0.1, -0.05) is 6.07 Å². The molecule has 0 fully saturated rings. The number of hydrogen-bond acceptors (Lipinski definition) is 5. The highest BCUT2D eigenvalue weighted by Gasteiger charge is 2.04. The number of nitriles is 1. The fourth-order valence-corrected chi connectivity index (χ4v) is 1.75. The van der Waals surface area contributed by atoms with Crippen LogP contribution in [0.4, 0.5) is 5.82 Å². The van der Waals surface area contributed by atoms with Gasteiger partial charge in [-0.3, -0.25) is 0 Å². The van der Waals surface area contributed by atoms with Gasteiger partial charge in [-0.25, -0.2) is 9.97 Å². The standard InChI is InChI=1S/C14H14N4O/c1-10-6-11(8-15)7-13(18-10)17-9-12-4-3-5-16-14(12)19-2/h3-7H,9H2,1-2H3,(H,17,18). The zero-order valence-corrected chi connectivity index (χ0v) is 10.8. The molecule has 0 atom stereocenters. The van der Waals surface area contributed by atoms with E-state index >= 15 is 0 Å². The number of hydrogen-bond donors (Lipinski definition) is 1. The van der Waals surface area contributed by atoms with Gasteiger partial charge in [-0.05, 0) is 25.1 Å². The van der Waals surface area contributed by atoms with Crippen LogP contribution in [0.5, 0.6) is 5.88 Å². The first-order chi connectivity index (χ1) is 9.22. The number of pyridine rings is 2. The number of nitrogens with zero attached hydrogens (tertiary/aromatic N) is 3. The van der Waals surface area contributed by atoms with Gasteiger partial charge < -0.3 is 10.1 Å². The molecule has 5 nitrogen and oxygen atoms in total. The van der Waals surface area contributed by atoms with Crippen LogP contribution in [0, 0.1) is 18.3 Å².